The van der Waals surface area contributed by atoms with Crippen molar-refractivity contribution in [1.82, 2.24) is 0 Å². The number of carbonyl (C=O) groups excluding carboxylic acids is 1. The van der Waals surface area contributed by atoms with Gasteiger partial charge in [-0.05, 0) is 35.4 Å². The van der Waals surface area contributed by atoms with Gasteiger partial charge in [0.25, 0.3) is 0 Å². The van der Waals surface area contributed by atoms with E-state index in [9.17, 15) is 9.18 Å². The molecule has 2 aromatic carbocycles. The molecule has 0 saturated carbocycles. The zero-order chi connectivity index (χ0) is 13.0. The molecule has 3 heteroatoms. The number of rotatable bonds is 3. The van der Waals surface area contributed by atoms with Crippen LogP contribution in [0.4, 0.5) is 4.39 Å². The highest BCUT2D eigenvalue weighted by Gasteiger charge is 2.03. The largest absolute Gasteiger partial charge is 0.298 e. The Balaban J connectivity index is 2.43. The summed E-state index contributed by atoms with van der Waals surface area (Å²) in [6, 6.07) is 13.0. The molecule has 0 heterocycles. The normalized spacial score (nSPS) is 11.3. The lowest BCUT2D eigenvalue weighted by atomic mass is 10.1. The van der Waals surface area contributed by atoms with Crippen molar-refractivity contribution < 1.29 is 9.18 Å². The van der Waals surface area contributed by atoms with Gasteiger partial charge in [0.2, 0.25) is 0 Å². The molecule has 0 atom stereocenters. The first-order chi connectivity index (χ1) is 8.70. The third-order valence-electron chi connectivity index (χ3n) is 2.52. The first kappa shape index (κ1) is 12.5. The van der Waals surface area contributed by atoms with Gasteiger partial charge in [-0.1, -0.05) is 41.9 Å². The second-order valence-corrected chi connectivity index (χ2v) is 4.15. The van der Waals surface area contributed by atoms with E-state index in [2.05, 4.69) is 0 Å². The van der Waals surface area contributed by atoms with Gasteiger partial charge in [-0.3, -0.25) is 4.79 Å². The molecule has 0 aliphatic heterocycles. The van der Waals surface area contributed by atoms with Crippen LogP contribution in [0.1, 0.15) is 11.1 Å². The highest BCUT2D eigenvalue weighted by Crippen LogP contribution is 2.22. The number of allylic oxidation sites excluding steroid dienone is 1. The van der Waals surface area contributed by atoms with E-state index in [1.807, 2.05) is 18.2 Å². The first-order valence-corrected chi connectivity index (χ1v) is 5.76. The maximum Gasteiger partial charge on any atom is 0.150 e. The fourth-order valence-electron chi connectivity index (χ4n) is 1.59. The van der Waals surface area contributed by atoms with E-state index in [0.29, 0.717) is 16.2 Å². The Morgan fingerprint density at radius 2 is 1.89 bits per heavy atom. The molecule has 2 aromatic rings. The summed E-state index contributed by atoms with van der Waals surface area (Å²) in [4.78, 5) is 11.1. The summed E-state index contributed by atoms with van der Waals surface area (Å²) >= 11 is 6.02. The van der Waals surface area contributed by atoms with Gasteiger partial charge >= 0.3 is 0 Å². The second kappa shape index (κ2) is 5.61. The van der Waals surface area contributed by atoms with Gasteiger partial charge in [0, 0.05) is 10.6 Å². The standard InChI is InChI=1S/C15H10ClFO/c16-15-4-2-1-3-12(15)9-13(10-18)11-5-7-14(17)8-6-11/h1-10H/b13-9-/i1+2,2+2,3+2,4+2,12+2,15+2. The van der Waals surface area contributed by atoms with Crippen LogP contribution in [-0.4, -0.2) is 6.29 Å². The molecule has 0 spiro atoms. The van der Waals surface area contributed by atoms with Crippen molar-refractivity contribution in [2.75, 3.05) is 0 Å². The number of halogens is 2. The summed E-state index contributed by atoms with van der Waals surface area (Å²) in [5.41, 5.74) is 1.88. The van der Waals surface area contributed by atoms with E-state index in [1.54, 1.807) is 24.3 Å². The minimum Gasteiger partial charge on any atom is -0.298 e. The lowest BCUT2D eigenvalue weighted by Gasteiger charge is -2.02. The first-order valence-electron chi connectivity index (χ1n) is 5.38. The SMILES string of the molecule is O=C/C(=C/[14c]1[14cH][14cH][14cH][14cH][14c]1Cl)c1ccc(F)cc1. The molecule has 0 aromatic heterocycles. The number of carbonyl (C=O) groups is 1. The number of hydrogen-bond donors (Lipinski definition) is 0. The Hall–Kier alpha value is -1.93. The maximum absolute atomic E-state index is 12.8. The van der Waals surface area contributed by atoms with Gasteiger partial charge in [0.15, 0.2) is 6.29 Å². The van der Waals surface area contributed by atoms with Crippen LogP contribution in [0.3, 0.4) is 0 Å². The van der Waals surface area contributed by atoms with Crippen LogP contribution in [-0.2, 0) is 4.79 Å². The minimum absolute atomic E-state index is 0.332. The van der Waals surface area contributed by atoms with Gasteiger partial charge in [-0.15, -0.1) is 0 Å². The molecule has 0 bridgehead atoms. The Morgan fingerprint density at radius 3 is 2.50 bits per heavy atom. The predicted octanol–water partition coefficient (Wildman–Crippen LogP) is 4.22. The van der Waals surface area contributed by atoms with Crippen molar-refractivity contribution in [3.05, 3.63) is 70.5 Å². The smallest absolute Gasteiger partial charge is 0.150 e. The molecule has 1 nitrogen and oxygen atoms in total. The summed E-state index contributed by atoms with van der Waals surface area (Å²) in [5.74, 6) is -0.332. The van der Waals surface area contributed by atoms with Gasteiger partial charge in [-0.2, -0.15) is 0 Å². The topological polar surface area (TPSA) is 17.1 Å². The van der Waals surface area contributed by atoms with Crippen molar-refractivity contribution in [2.45, 2.75) is 0 Å². The molecule has 0 N–H and O–H groups in total. The summed E-state index contributed by atoms with van der Waals surface area (Å²) in [6.45, 7) is 0. The van der Waals surface area contributed by atoms with E-state index < -0.39 is 0 Å². The van der Waals surface area contributed by atoms with E-state index in [-0.39, 0.29) is 5.82 Å². The Morgan fingerprint density at radius 1 is 1.22 bits per heavy atom. The average molecular weight is 273 g/mol. The average Bonchev–Trinajstić information content (AvgIpc) is 2.39. The molecule has 0 aliphatic rings. The molecule has 0 aliphatic carbocycles. The molecule has 0 fully saturated rings. The van der Waals surface area contributed by atoms with Crippen molar-refractivity contribution in [2.24, 2.45) is 0 Å². The number of benzene rings is 2. The summed E-state index contributed by atoms with van der Waals surface area (Å²) in [5, 5.41) is 0.568. The summed E-state index contributed by atoms with van der Waals surface area (Å²) in [6.07, 6.45) is 2.42. The molecule has 0 amide bonds. The Bertz CT molecular complexity index is 588. The van der Waals surface area contributed by atoms with E-state index in [1.165, 1.54) is 12.1 Å². The lowest BCUT2D eigenvalue weighted by Crippen LogP contribution is -1.87. The third-order valence-corrected chi connectivity index (χ3v) is 2.86. The van der Waals surface area contributed by atoms with Crippen LogP contribution in [0.25, 0.3) is 11.6 Å². The fourth-order valence-corrected chi connectivity index (χ4v) is 1.78. The molecule has 18 heavy (non-hydrogen) atoms. The van der Waals surface area contributed by atoms with Crippen LogP contribution < -0.4 is 0 Å². The highest BCUT2D eigenvalue weighted by molar-refractivity contribution is 6.32. The van der Waals surface area contributed by atoms with Gasteiger partial charge in [-0.25, -0.2) is 4.39 Å². The quantitative estimate of drug-likeness (QED) is 0.464. The van der Waals surface area contributed by atoms with E-state index in [4.69, 9.17) is 11.6 Å². The predicted molar refractivity (Wildman–Crippen MR) is 71.8 cm³/mol. The number of aldehydes is 1. The molecular weight excluding hydrogens is 263 g/mol. The van der Waals surface area contributed by atoms with Gasteiger partial charge in [0.1, 0.15) is 5.82 Å². The third kappa shape index (κ3) is 2.84. The number of hydrogen-bond acceptors (Lipinski definition) is 1. The van der Waals surface area contributed by atoms with Crippen molar-refractivity contribution in [3.8, 4) is 0 Å². The molecular formula is C15H10ClFO. The van der Waals surface area contributed by atoms with E-state index in [0.717, 1.165) is 11.8 Å². The fraction of sp³-hybridized carbons (Fsp3) is 0. The van der Waals surface area contributed by atoms with E-state index >= 15 is 0 Å². The highest BCUT2D eigenvalue weighted by atomic mass is 35.5. The molecule has 0 unspecified atom stereocenters. The van der Waals surface area contributed by atoms with Crippen LogP contribution in [0.5, 0.6) is 0 Å². The molecule has 0 radical (unpaired) electrons. The lowest BCUT2D eigenvalue weighted by molar-refractivity contribution is -0.103. The van der Waals surface area contributed by atoms with Crippen LogP contribution >= 0.6 is 11.6 Å². The monoisotopic (exact) mass is 272 g/mol. The van der Waals surface area contributed by atoms with Crippen LogP contribution in [0, 0.1) is 5.82 Å². The van der Waals surface area contributed by atoms with Crippen LogP contribution in [0.15, 0.2) is 48.5 Å². The van der Waals surface area contributed by atoms with Crippen LogP contribution in [0.2, 0.25) is 5.02 Å². The summed E-state index contributed by atoms with van der Waals surface area (Å²) in [7, 11) is 0. The molecule has 0 saturated heterocycles. The zero-order valence-corrected chi connectivity index (χ0v) is 10.2. The molecule has 90 valence electrons. The van der Waals surface area contributed by atoms with Gasteiger partial charge in [0.05, 0.1) is 0 Å². The Kier molecular flexibility index (Phi) is 3.90. The summed E-state index contributed by atoms with van der Waals surface area (Å²) < 4.78 is 12.8. The van der Waals surface area contributed by atoms with Crippen molar-refractivity contribution >= 4 is 29.5 Å². The van der Waals surface area contributed by atoms with Crippen molar-refractivity contribution in [3.63, 3.8) is 0 Å². The zero-order valence-electron chi connectivity index (χ0n) is 9.44. The molecule has 2 rings (SSSR count). The maximum atomic E-state index is 12.8. The van der Waals surface area contributed by atoms with Crippen molar-refractivity contribution in [1.29, 1.82) is 0 Å². The Labute approximate surface area is 110 Å². The second-order valence-electron chi connectivity index (χ2n) is 3.75. The minimum atomic E-state index is -0.332. The van der Waals surface area contributed by atoms with Gasteiger partial charge < -0.3 is 0 Å².